The number of aromatic nitrogens is 3. The Labute approximate surface area is 140 Å². The molecule has 2 aliphatic rings. The Balaban J connectivity index is 1.37. The number of morpholine rings is 1. The summed E-state index contributed by atoms with van der Waals surface area (Å²) < 4.78 is 5.77. The number of amides is 1. The van der Waals surface area contributed by atoms with Gasteiger partial charge >= 0.3 is 0 Å². The summed E-state index contributed by atoms with van der Waals surface area (Å²) in [6, 6.07) is 10.3. The molecule has 2 fully saturated rings. The molecular weight excluding hydrogens is 306 g/mol. The lowest BCUT2D eigenvalue weighted by Gasteiger charge is -2.33. The van der Waals surface area contributed by atoms with E-state index in [-0.39, 0.29) is 12.0 Å². The molecule has 1 aromatic heterocycles. The Morgan fingerprint density at radius 3 is 2.92 bits per heavy atom. The van der Waals surface area contributed by atoms with Crippen LogP contribution in [0.4, 0.5) is 0 Å². The lowest BCUT2D eigenvalue weighted by atomic mass is 10.1. The van der Waals surface area contributed by atoms with Gasteiger partial charge in [0.25, 0.3) is 5.91 Å². The molecule has 1 aliphatic heterocycles. The van der Waals surface area contributed by atoms with Crippen molar-refractivity contribution in [3.05, 3.63) is 36.0 Å². The van der Waals surface area contributed by atoms with Crippen LogP contribution in [0.15, 0.2) is 30.3 Å². The molecule has 2 aromatic rings. The largest absolute Gasteiger partial charge is 0.374 e. The molecule has 7 heteroatoms. The summed E-state index contributed by atoms with van der Waals surface area (Å²) in [6.45, 7) is 3.10. The van der Waals surface area contributed by atoms with E-state index < -0.39 is 0 Å². The highest BCUT2D eigenvalue weighted by atomic mass is 16.5. The van der Waals surface area contributed by atoms with E-state index in [1.807, 2.05) is 30.3 Å². The zero-order chi connectivity index (χ0) is 16.4. The van der Waals surface area contributed by atoms with E-state index in [0.29, 0.717) is 17.9 Å². The molecule has 4 rings (SSSR count). The average Bonchev–Trinajstić information content (AvgIpc) is 3.37. The molecule has 1 aliphatic carbocycles. The van der Waals surface area contributed by atoms with Crippen LogP contribution >= 0.6 is 0 Å². The number of carbonyl (C=O) groups is 1. The smallest absolute Gasteiger partial charge is 0.274 e. The Morgan fingerprint density at radius 2 is 2.12 bits per heavy atom. The number of hydrogen-bond donors (Lipinski definition) is 2. The number of H-pyrrole nitrogens is 1. The second-order valence-corrected chi connectivity index (χ2v) is 6.32. The first-order valence-corrected chi connectivity index (χ1v) is 8.41. The van der Waals surface area contributed by atoms with E-state index >= 15 is 0 Å². The fourth-order valence-electron chi connectivity index (χ4n) is 3.11. The first-order valence-electron chi connectivity index (χ1n) is 8.41. The summed E-state index contributed by atoms with van der Waals surface area (Å²) in [5, 5.41) is 13.6. The second kappa shape index (κ2) is 6.70. The number of aromatic amines is 1. The number of nitrogens with one attached hydrogen (secondary N) is 2. The zero-order valence-electron chi connectivity index (χ0n) is 13.4. The molecule has 0 radical (unpaired) electrons. The molecular formula is C17H21N5O2. The van der Waals surface area contributed by atoms with E-state index in [2.05, 4.69) is 25.6 Å². The van der Waals surface area contributed by atoms with Gasteiger partial charge in [-0.2, -0.15) is 15.4 Å². The first-order chi connectivity index (χ1) is 11.8. The zero-order valence-corrected chi connectivity index (χ0v) is 13.4. The van der Waals surface area contributed by atoms with Gasteiger partial charge in [0.15, 0.2) is 5.69 Å². The van der Waals surface area contributed by atoms with Crippen LogP contribution in [0, 0.1) is 0 Å². The van der Waals surface area contributed by atoms with Gasteiger partial charge in [0.2, 0.25) is 0 Å². The predicted molar refractivity (Wildman–Crippen MR) is 88.5 cm³/mol. The molecule has 0 unspecified atom stereocenters. The number of rotatable bonds is 5. The van der Waals surface area contributed by atoms with Gasteiger partial charge < -0.3 is 10.1 Å². The molecule has 1 amide bonds. The van der Waals surface area contributed by atoms with Gasteiger partial charge in [-0.1, -0.05) is 30.3 Å². The van der Waals surface area contributed by atoms with E-state index in [4.69, 9.17) is 4.74 Å². The highest BCUT2D eigenvalue weighted by Gasteiger charge is 2.33. The first kappa shape index (κ1) is 15.3. The van der Waals surface area contributed by atoms with Crippen LogP contribution < -0.4 is 5.32 Å². The van der Waals surface area contributed by atoms with Crippen molar-refractivity contribution in [2.75, 3.05) is 26.2 Å². The van der Waals surface area contributed by atoms with Gasteiger partial charge in [0, 0.05) is 31.2 Å². The Kier molecular flexibility index (Phi) is 4.27. The topological polar surface area (TPSA) is 83.1 Å². The van der Waals surface area contributed by atoms with E-state index in [1.54, 1.807) is 0 Å². The van der Waals surface area contributed by atoms with Crippen LogP contribution in [-0.4, -0.2) is 64.6 Å². The van der Waals surface area contributed by atoms with E-state index in [9.17, 15) is 4.79 Å². The van der Waals surface area contributed by atoms with Crippen LogP contribution in [0.3, 0.4) is 0 Å². The standard InChI is InChI=1S/C17H21N5O2/c23-17(16-15(19-21-20-16)12-4-2-1-3-5-12)18-10-14-11-22(8-9-24-14)13-6-7-13/h1-5,13-14H,6-11H2,(H,18,23)(H,19,20,21)/t14-/m1/s1. The maximum atomic E-state index is 12.5. The highest BCUT2D eigenvalue weighted by Crippen LogP contribution is 2.28. The van der Waals surface area contributed by atoms with Crippen molar-refractivity contribution in [2.45, 2.75) is 25.0 Å². The van der Waals surface area contributed by atoms with Crippen molar-refractivity contribution in [1.29, 1.82) is 0 Å². The van der Waals surface area contributed by atoms with Crippen LogP contribution in [0.1, 0.15) is 23.3 Å². The van der Waals surface area contributed by atoms with Crippen molar-refractivity contribution in [2.24, 2.45) is 0 Å². The summed E-state index contributed by atoms with van der Waals surface area (Å²) in [5.74, 6) is -0.227. The summed E-state index contributed by atoms with van der Waals surface area (Å²) >= 11 is 0. The van der Waals surface area contributed by atoms with Crippen LogP contribution in [0.2, 0.25) is 0 Å². The van der Waals surface area contributed by atoms with Gasteiger partial charge in [0.05, 0.1) is 12.7 Å². The van der Waals surface area contributed by atoms with Gasteiger partial charge in [-0.3, -0.25) is 9.69 Å². The number of hydrogen-bond acceptors (Lipinski definition) is 5. The summed E-state index contributed by atoms with van der Waals surface area (Å²) in [4.78, 5) is 14.9. The third-order valence-corrected chi connectivity index (χ3v) is 4.53. The Morgan fingerprint density at radius 1 is 1.29 bits per heavy atom. The van der Waals surface area contributed by atoms with Crippen LogP contribution in [0.5, 0.6) is 0 Å². The molecule has 2 N–H and O–H groups in total. The van der Waals surface area contributed by atoms with E-state index in [1.165, 1.54) is 12.8 Å². The van der Waals surface area contributed by atoms with Crippen molar-refractivity contribution < 1.29 is 9.53 Å². The van der Waals surface area contributed by atoms with Gasteiger partial charge in [-0.05, 0) is 12.8 Å². The van der Waals surface area contributed by atoms with Crippen LogP contribution in [-0.2, 0) is 4.74 Å². The monoisotopic (exact) mass is 327 g/mol. The molecule has 0 spiro atoms. The summed E-state index contributed by atoms with van der Waals surface area (Å²) in [7, 11) is 0. The van der Waals surface area contributed by atoms with Gasteiger partial charge in [-0.15, -0.1) is 0 Å². The Bertz CT molecular complexity index is 698. The Hall–Kier alpha value is -2.25. The number of nitrogens with zero attached hydrogens (tertiary/aromatic N) is 3. The molecule has 24 heavy (non-hydrogen) atoms. The molecule has 1 aromatic carbocycles. The SMILES string of the molecule is O=C(NC[C@@H]1CN(C2CC2)CCO1)c1n[nH]nc1-c1ccccc1. The number of carbonyl (C=O) groups excluding carboxylic acids is 1. The third-order valence-electron chi connectivity index (χ3n) is 4.53. The van der Waals surface area contributed by atoms with Crippen molar-refractivity contribution in [3.63, 3.8) is 0 Å². The molecule has 0 bridgehead atoms. The summed E-state index contributed by atoms with van der Waals surface area (Å²) in [5.41, 5.74) is 1.75. The third kappa shape index (κ3) is 3.32. The fourth-order valence-corrected chi connectivity index (χ4v) is 3.11. The van der Waals surface area contributed by atoms with Crippen molar-refractivity contribution in [3.8, 4) is 11.3 Å². The molecule has 1 saturated carbocycles. The molecule has 1 saturated heterocycles. The molecule has 126 valence electrons. The number of benzene rings is 1. The van der Waals surface area contributed by atoms with Crippen LogP contribution in [0.25, 0.3) is 11.3 Å². The molecule has 2 heterocycles. The normalized spacial score (nSPS) is 21.6. The van der Waals surface area contributed by atoms with Gasteiger partial charge in [-0.25, -0.2) is 0 Å². The predicted octanol–water partition coefficient (Wildman–Crippen LogP) is 1.06. The lowest BCUT2D eigenvalue weighted by molar-refractivity contribution is -0.0293. The molecule has 1 atom stereocenters. The van der Waals surface area contributed by atoms with Gasteiger partial charge in [0.1, 0.15) is 5.69 Å². The minimum atomic E-state index is -0.227. The minimum Gasteiger partial charge on any atom is -0.374 e. The molecule has 7 nitrogen and oxygen atoms in total. The second-order valence-electron chi connectivity index (χ2n) is 6.32. The maximum Gasteiger partial charge on any atom is 0.274 e. The minimum absolute atomic E-state index is 0.0374. The van der Waals surface area contributed by atoms with Crippen molar-refractivity contribution in [1.82, 2.24) is 25.6 Å². The maximum absolute atomic E-state index is 12.5. The van der Waals surface area contributed by atoms with Crippen molar-refractivity contribution >= 4 is 5.91 Å². The lowest BCUT2D eigenvalue weighted by Crippen LogP contribution is -2.48. The average molecular weight is 327 g/mol. The van der Waals surface area contributed by atoms with E-state index in [0.717, 1.165) is 31.3 Å². The fraction of sp³-hybridized carbons (Fsp3) is 0.471. The summed E-state index contributed by atoms with van der Waals surface area (Å²) in [6.07, 6.45) is 2.62. The quantitative estimate of drug-likeness (QED) is 0.858. The highest BCUT2D eigenvalue weighted by molar-refractivity contribution is 5.97. The number of ether oxygens (including phenoxy) is 1.